The van der Waals surface area contributed by atoms with Crippen LogP contribution in [-0.4, -0.2) is 23.1 Å². The fourth-order valence-electron chi connectivity index (χ4n) is 1.94. The molecule has 1 aliphatic heterocycles. The highest BCUT2D eigenvalue weighted by Crippen LogP contribution is 2.18. The molecule has 1 aromatic heterocycles. The molecule has 1 aromatic rings. The molecule has 0 aliphatic carbocycles. The van der Waals surface area contributed by atoms with Crippen LogP contribution in [0.4, 0.5) is 5.82 Å². The predicted octanol–water partition coefficient (Wildman–Crippen LogP) is 2.59. The summed E-state index contributed by atoms with van der Waals surface area (Å²) in [4.78, 5) is 11.3. The van der Waals surface area contributed by atoms with Gasteiger partial charge in [-0.1, -0.05) is 13.8 Å². The van der Waals surface area contributed by atoms with Gasteiger partial charge in [0, 0.05) is 25.2 Å². The maximum atomic E-state index is 4.61. The maximum Gasteiger partial charge on any atom is 0.133 e. The fraction of sp³-hybridized carbons (Fsp3) is 0.667. The van der Waals surface area contributed by atoms with Gasteiger partial charge in [-0.15, -0.1) is 0 Å². The molecule has 3 nitrogen and oxygen atoms in total. The van der Waals surface area contributed by atoms with Crippen LogP contribution in [0.5, 0.6) is 0 Å². The molecule has 2 heterocycles. The minimum absolute atomic E-state index is 0.412. The Morgan fingerprint density at radius 2 is 1.93 bits per heavy atom. The zero-order valence-electron chi connectivity index (χ0n) is 9.61. The van der Waals surface area contributed by atoms with Crippen molar-refractivity contribution < 1.29 is 0 Å². The minimum atomic E-state index is 0.412. The molecular weight excluding hydrogens is 186 g/mol. The fourth-order valence-corrected chi connectivity index (χ4v) is 1.94. The summed E-state index contributed by atoms with van der Waals surface area (Å²) in [7, 11) is 0. The van der Waals surface area contributed by atoms with E-state index in [1.54, 1.807) is 0 Å². The predicted molar refractivity (Wildman–Crippen MR) is 62.2 cm³/mol. The second-order valence-electron chi connectivity index (χ2n) is 4.48. The van der Waals surface area contributed by atoms with Crippen LogP contribution in [0.2, 0.25) is 0 Å². The van der Waals surface area contributed by atoms with Crippen LogP contribution < -0.4 is 4.90 Å². The molecule has 82 valence electrons. The summed E-state index contributed by atoms with van der Waals surface area (Å²) in [5.74, 6) is 2.47. The Balaban J connectivity index is 2.16. The molecule has 0 bridgehead atoms. The molecule has 0 atom stereocenters. The average Bonchev–Trinajstić information content (AvgIpc) is 2.30. The van der Waals surface area contributed by atoms with Crippen LogP contribution in [0.15, 0.2) is 12.3 Å². The molecule has 0 N–H and O–H groups in total. The van der Waals surface area contributed by atoms with E-state index in [1.165, 1.54) is 19.3 Å². The molecule has 1 fully saturated rings. The highest BCUT2D eigenvalue weighted by atomic mass is 15.2. The Kier molecular flexibility index (Phi) is 3.19. The number of piperidine rings is 1. The van der Waals surface area contributed by atoms with Gasteiger partial charge in [-0.05, 0) is 25.3 Å². The maximum absolute atomic E-state index is 4.61. The molecule has 15 heavy (non-hydrogen) atoms. The number of hydrogen-bond donors (Lipinski definition) is 0. The summed E-state index contributed by atoms with van der Waals surface area (Å²) in [5.41, 5.74) is 0. The van der Waals surface area contributed by atoms with Gasteiger partial charge in [0.15, 0.2) is 0 Å². The number of rotatable bonds is 2. The van der Waals surface area contributed by atoms with E-state index in [2.05, 4.69) is 28.7 Å². The van der Waals surface area contributed by atoms with Crippen molar-refractivity contribution in [2.24, 2.45) is 0 Å². The van der Waals surface area contributed by atoms with Gasteiger partial charge < -0.3 is 4.90 Å². The topological polar surface area (TPSA) is 29.0 Å². The largest absolute Gasteiger partial charge is 0.357 e. The van der Waals surface area contributed by atoms with Crippen molar-refractivity contribution in [2.45, 2.75) is 39.0 Å². The highest BCUT2D eigenvalue weighted by Gasteiger charge is 2.13. The van der Waals surface area contributed by atoms with E-state index in [0.29, 0.717) is 5.92 Å². The monoisotopic (exact) mass is 205 g/mol. The zero-order chi connectivity index (χ0) is 10.7. The molecule has 0 saturated carbocycles. The molecular formula is C12H19N3. The number of hydrogen-bond acceptors (Lipinski definition) is 3. The van der Waals surface area contributed by atoms with Crippen LogP contribution in [0.25, 0.3) is 0 Å². The first-order valence-corrected chi connectivity index (χ1v) is 5.85. The summed E-state index contributed by atoms with van der Waals surface area (Å²) in [6, 6.07) is 2.02. The van der Waals surface area contributed by atoms with Crippen molar-refractivity contribution in [3.05, 3.63) is 18.1 Å². The second-order valence-corrected chi connectivity index (χ2v) is 4.48. The van der Waals surface area contributed by atoms with Crippen molar-refractivity contribution >= 4 is 5.82 Å². The van der Waals surface area contributed by atoms with E-state index in [0.717, 1.165) is 24.7 Å². The first-order valence-electron chi connectivity index (χ1n) is 5.85. The normalized spacial score (nSPS) is 17.1. The van der Waals surface area contributed by atoms with E-state index in [4.69, 9.17) is 0 Å². The summed E-state index contributed by atoms with van der Waals surface area (Å²) in [6.45, 7) is 6.56. The van der Waals surface area contributed by atoms with Crippen molar-refractivity contribution in [3.63, 3.8) is 0 Å². The van der Waals surface area contributed by atoms with Gasteiger partial charge in [0.1, 0.15) is 11.6 Å². The van der Waals surface area contributed by atoms with Crippen LogP contribution in [0.3, 0.4) is 0 Å². The Bertz CT molecular complexity index is 316. The summed E-state index contributed by atoms with van der Waals surface area (Å²) in [5, 5.41) is 0. The molecule has 0 radical (unpaired) electrons. The number of nitrogens with zero attached hydrogens (tertiary/aromatic N) is 3. The lowest BCUT2D eigenvalue weighted by atomic mass is 10.1. The lowest BCUT2D eigenvalue weighted by Gasteiger charge is -2.27. The van der Waals surface area contributed by atoms with Crippen molar-refractivity contribution in [1.82, 2.24) is 9.97 Å². The Morgan fingerprint density at radius 1 is 1.20 bits per heavy atom. The van der Waals surface area contributed by atoms with E-state index >= 15 is 0 Å². The van der Waals surface area contributed by atoms with Crippen LogP contribution in [-0.2, 0) is 0 Å². The zero-order valence-corrected chi connectivity index (χ0v) is 9.61. The van der Waals surface area contributed by atoms with Gasteiger partial charge in [0.2, 0.25) is 0 Å². The third-order valence-corrected chi connectivity index (χ3v) is 2.86. The molecule has 1 aliphatic rings. The van der Waals surface area contributed by atoms with Crippen LogP contribution in [0.1, 0.15) is 44.9 Å². The molecule has 0 amide bonds. The van der Waals surface area contributed by atoms with Crippen molar-refractivity contribution in [1.29, 1.82) is 0 Å². The summed E-state index contributed by atoms with van der Waals surface area (Å²) in [6.07, 6.45) is 5.83. The van der Waals surface area contributed by atoms with Gasteiger partial charge in [-0.25, -0.2) is 9.97 Å². The molecule has 0 spiro atoms. The van der Waals surface area contributed by atoms with E-state index in [-0.39, 0.29) is 0 Å². The minimum Gasteiger partial charge on any atom is -0.357 e. The molecule has 2 rings (SSSR count). The van der Waals surface area contributed by atoms with Gasteiger partial charge in [0.25, 0.3) is 0 Å². The van der Waals surface area contributed by atoms with Gasteiger partial charge in [-0.2, -0.15) is 0 Å². The molecule has 0 unspecified atom stereocenters. The Labute approximate surface area is 91.5 Å². The van der Waals surface area contributed by atoms with Crippen molar-refractivity contribution in [3.8, 4) is 0 Å². The van der Waals surface area contributed by atoms with E-state index < -0.39 is 0 Å². The third kappa shape index (κ3) is 2.46. The smallest absolute Gasteiger partial charge is 0.133 e. The molecule has 0 aromatic carbocycles. The standard InChI is InChI=1S/C12H19N3/c1-10(2)12-13-7-6-11(14-12)15-8-4-3-5-9-15/h6-7,10H,3-5,8-9H2,1-2H3. The molecule has 1 saturated heterocycles. The average molecular weight is 205 g/mol. The lowest BCUT2D eigenvalue weighted by Crippen LogP contribution is -2.30. The van der Waals surface area contributed by atoms with Gasteiger partial charge in [0.05, 0.1) is 0 Å². The number of aromatic nitrogens is 2. The summed E-state index contributed by atoms with van der Waals surface area (Å²) < 4.78 is 0. The van der Waals surface area contributed by atoms with Crippen LogP contribution in [0, 0.1) is 0 Å². The molecule has 3 heteroatoms. The SMILES string of the molecule is CC(C)c1nccc(N2CCCCC2)n1. The Hall–Kier alpha value is -1.12. The quantitative estimate of drug-likeness (QED) is 0.743. The number of anilines is 1. The Morgan fingerprint density at radius 3 is 2.60 bits per heavy atom. The van der Waals surface area contributed by atoms with Gasteiger partial charge in [-0.3, -0.25) is 0 Å². The highest BCUT2D eigenvalue weighted by molar-refractivity contribution is 5.37. The third-order valence-electron chi connectivity index (χ3n) is 2.86. The first kappa shape index (κ1) is 10.4. The summed E-state index contributed by atoms with van der Waals surface area (Å²) >= 11 is 0. The van der Waals surface area contributed by atoms with Crippen molar-refractivity contribution in [2.75, 3.05) is 18.0 Å². The van der Waals surface area contributed by atoms with E-state index in [9.17, 15) is 0 Å². The van der Waals surface area contributed by atoms with E-state index in [1.807, 2.05) is 12.3 Å². The van der Waals surface area contributed by atoms with Gasteiger partial charge >= 0.3 is 0 Å². The first-order chi connectivity index (χ1) is 7.27. The van der Waals surface area contributed by atoms with Crippen LogP contribution >= 0.6 is 0 Å². The lowest BCUT2D eigenvalue weighted by molar-refractivity contribution is 0.571. The second kappa shape index (κ2) is 4.60.